The van der Waals surface area contributed by atoms with E-state index >= 15 is 0 Å². The van der Waals surface area contributed by atoms with E-state index in [1.165, 1.54) is 37.3 Å². The van der Waals surface area contributed by atoms with Gasteiger partial charge in [-0.05, 0) is 24.3 Å². The van der Waals surface area contributed by atoms with Gasteiger partial charge in [0.2, 0.25) is 0 Å². The van der Waals surface area contributed by atoms with Crippen molar-refractivity contribution in [2.75, 3.05) is 5.32 Å². The Hall–Kier alpha value is -2.64. The minimum Gasteiger partial charge on any atom is -0.426 e. The van der Waals surface area contributed by atoms with E-state index in [1.54, 1.807) is 0 Å². The van der Waals surface area contributed by atoms with E-state index in [-0.39, 0.29) is 32.7 Å². The van der Waals surface area contributed by atoms with Crippen LogP contribution in [0.1, 0.15) is 17.3 Å². The maximum absolute atomic E-state index is 12.4. The molecule has 0 aliphatic carbocycles. The first-order valence-corrected chi connectivity index (χ1v) is 7.27. The lowest BCUT2D eigenvalue weighted by molar-refractivity contribution is -0.384. The van der Waals surface area contributed by atoms with E-state index < -0.39 is 16.8 Å². The number of nitro benzene ring substituents is 1. The van der Waals surface area contributed by atoms with Gasteiger partial charge in [0, 0.05) is 24.1 Å². The second-order valence-corrected chi connectivity index (χ2v) is 5.45. The van der Waals surface area contributed by atoms with Crippen LogP contribution in [0.2, 0.25) is 10.0 Å². The highest BCUT2D eigenvalue weighted by Gasteiger charge is 2.17. The number of nitro groups is 1. The fourth-order valence-electron chi connectivity index (χ4n) is 1.83. The van der Waals surface area contributed by atoms with Crippen LogP contribution in [0, 0.1) is 10.1 Å². The normalized spacial score (nSPS) is 10.1. The molecular formula is C15H10Cl2N2O5. The Balaban J connectivity index is 2.31. The Kier molecular flexibility index (Phi) is 5.38. The lowest BCUT2D eigenvalue weighted by Crippen LogP contribution is -2.15. The number of hydrogen-bond acceptors (Lipinski definition) is 5. The molecule has 1 amide bonds. The summed E-state index contributed by atoms with van der Waals surface area (Å²) in [5.41, 5.74) is -0.0190. The van der Waals surface area contributed by atoms with Gasteiger partial charge in [-0.15, -0.1) is 0 Å². The SMILES string of the molecule is CC(=O)Oc1ccc(Cl)cc1C(=O)Nc1ccc([N+](=O)[O-])cc1Cl. The molecule has 0 fully saturated rings. The summed E-state index contributed by atoms with van der Waals surface area (Å²) < 4.78 is 4.96. The Bertz CT molecular complexity index is 839. The number of nitrogens with zero attached hydrogens (tertiary/aromatic N) is 1. The van der Waals surface area contributed by atoms with Gasteiger partial charge in [-0.3, -0.25) is 19.7 Å². The number of esters is 1. The number of non-ortho nitro benzene ring substituents is 1. The standard InChI is InChI=1S/C15H10Cl2N2O5/c1-8(20)24-14-5-2-9(16)6-11(14)15(21)18-13-4-3-10(19(22)23)7-12(13)17/h2-7H,1H3,(H,18,21). The van der Waals surface area contributed by atoms with Crippen LogP contribution in [0.4, 0.5) is 11.4 Å². The van der Waals surface area contributed by atoms with Crippen LogP contribution in [0.3, 0.4) is 0 Å². The molecule has 2 aromatic carbocycles. The molecule has 7 nitrogen and oxygen atoms in total. The molecule has 0 radical (unpaired) electrons. The highest BCUT2D eigenvalue weighted by Crippen LogP contribution is 2.29. The van der Waals surface area contributed by atoms with Gasteiger partial charge in [0.25, 0.3) is 11.6 Å². The summed E-state index contributed by atoms with van der Waals surface area (Å²) in [5.74, 6) is -1.20. The van der Waals surface area contributed by atoms with Crippen molar-refractivity contribution in [2.24, 2.45) is 0 Å². The molecule has 0 aromatic heterocycles. The second kappa shape index (κ2) is 7.29. The third-order valence-electron chi connectivity index (χ3n) is 2.85. The minimum atomic E-state index is -0.635. The predicted molar refractivity (Wildman–Crippen MR) is 88.8 cm³/mol. The van der Waals surface area contributed by atoms with Crippen LogP contribution in [-0.2, 0) is 4.79 Å². The summed E-state index contributed by atoms with van der Waals surface area (Å²) in [5, 5.41) is 13.4. The fourth-order valence-corrected chi connectivity index (χ4v) is 2.23. The number of hydrogen-bond donors (Lipinski definition) is 1. The van der Waals surface area contributed by atoms with E-state index in [0.717, 1.165) is 6.07 Å². The van der Waals surface area contributed by atoms with Crippen molar-refractivity contribution in [1.82, 2.24) is 0 Å². The van der Waals surface area contributed by atoms with Crippen LogP contribution in [0.25, 0.3) is 0 Å². The maximum atomic E-state index is 12.4. The lowest BCUT2D eigenvalue weighted by Gasteiger charge is -2.11. The van der Waals surface area contributed by atoms with Crippen LogP contribution in [-0.4, -0.2) is 16.8 Å². The van der Waals surface area contributed by atoms with Gasteiger partial charge in [-0.1, -0.05) is 23.2 Å². The topological polar surface area (TPSA) is 98.5 Å². The van der Waals surface area contributed by atoms with Crippen LogP contribution in [0.5, 0.6) is 5.75 Å². The Morgan fingerprint density at radius 3 is 2.46 bits per heavy atom. The van der Waals surface area contributed by atoms with Gasteiger partial charge in [-0.2, -0.15) is 0 Å². The minimum absolute atomic E-state index is 0.00591. The zero-order valence-electron chi connectivity index (χ0n) is 12.2. The van der Waals surface area contributed by atoms with E-state index in [0.29, 0.717) is 0 Å². The molecule has 2 aromatic rings. The molecule has 0 atom stereocenters. The predicted octanol–water partition coefficient (Wildman–Crippen LogP) is 4.08. The van der Waals surface area contributed by atoms with Crippen molar-refractivity contribution in [3.8, 4) is 5.75 Å². The maximum Gasteiger partial charge on any atom is 0.308 e. The molecule has 0 spiro atoms. The number of carbonyl (C=O) groups is 2. The first-order chi connectivity index (χ1) is 11.3. The van der Waals surface area contributed by atoms with Crippen LogP contribution in [0.15, 0.2) is 36.4 Å². The molecule has 1 N–H and O–H groups in total. The number of anilines is 1. The fraction of sp³-hybridized carbons (Fsp3) is 0.0667. The lowest BCUT2D eigenvalue weighted by atomic mass is 10.1. The Morgan fingerprint density at radius 1 is 1.17 bits per heavy atom. The molecule has 0 aliphatic rings. The summed E-state index contributed by atoms with van der Waals surface area (Å²) in [4.78, 5) is 33.6. The molecule has 0 heterocycles. The van der Waals surface area contributed by atoms with Gasteiger partial charge in [-0.25, -0.2) is 0 Å². The van der Waals surface area contributed by atoms with Crippen molar-refractivity contribution in [1.29, 1.82) is 0 Å². The van der Waals surface area contributed by atoms with Crippen molar-refractivity contribution in [3.63, 3.8) is 0 Å². The zero-order chi connectivity index (χ0) is 17.9. The van der Waals surface area contributed by atoms with Crippen LogP contribution >= 0.6 is 23.2 Å². The van der Waals surface area contributed by atoms with Crippen molar-refractivity contribution in [2.45, 2.75) is 6.92 Å². The van der Waals surface area contributed by atoms with Gasteiger partial charge in [0.05, 0.1) is 21.2 Å². The monoisotopic (exact) mass is 368 g/mol. The average molecular weight is 369 g/mol. The first kappa shape index (κ1) is 17.7. The van der Waals surface area contributed by atoms with Gasteiger partial charge in [0.15, 0.2) is 0 Å². The summed E-state index contributed by atoms with van der Waals surface area (Å²) in [6.07, 6.45) is 0. The average Bonchev–Trinajstić information content (AvgIpc) is 2.50. The van der Waals surface area contributed by atoms with Crippen molar-refractivity contribution >= 4 is 46.5 Å². The molecule has 0 unspecified atom stereocenters. The zero-order valence-corrected chi connectivity index (χ0v) is 13.7. The molecule has 2 rings (SSSR count). The number of carbonyl (C=O) groups excluding carboxylic acids is 2. The highest BCUT2D eigenvalue weighted by atomic mass is 35.5. The van der Waals surface area contributed by atoms with Crippen molar-refractivity contribution < 1.29 is 19.2 Å². The number of rotatable bonds is 4. The summed E-state index contributed by atoms with van der Waals surface area (Å²) >= 11 is 11.8. The van der Waals surface area contributed by atoms with Gasteiger partial charge < -0.3 is 10.1 Å². The molecule has 0 aliphatic heterocycles. The molecule has 0 saturated heterocycles. The summed E-state index contributed by atoms with van der Waals surface area (Å²) in [7, 11) is 0. The Labute approximate surface area is 146 Å². The molecule has 24 heavy (non-hydrogen) atoms. The summed E-state index contributed by atoms with van der Waals surface area (Å²) in [6.45, 7) is 1.20. The third kappa shape index (κ3) is 4.21. The summed E-state index contributed by atoms with van der Waals surface area (Å²) in [6, 6.07) is 7.79. The molecule has 0 bridgehead atoms. The number of ether oxygens (including phenoxy) is 1. The van der Waals surface area contributed by atoms with E-state index in [4.69, 9.17) is 27.9 Å². The molecule has 0 saturated carbocycles. The first-order valence-electron chi connectivity index (χ1n) is 6.51. The number of benzene rings is 2. The molecular weight excluding hydrogens is 359 g/mol. The smallest absolute Gasteiger partial charge is 0.308 e. The number of halogens is 2. The second-order valence-electron chi connectivity index (χ2n) is 4.61. The third-order valence-corrected chi connectivity index (χ3v) is 3.40. The number of nitrogens with one attached hydrogen (secondary N) is 1. The van der Waals surface area contributed by atoms with E-state index in [1.807, 2.05) is 0 Å². The quantitative estimate of drug-likeness (QED) is 0.379. The van der Waals surface area contributed by atoms with Gasteiger partial charge >= 0.3 is 5.97 Å². The van der Waals surface area contributed by atoms with Gasteiger partial charge in [0.1, 0.15) is 5.75 Å². The van der Waals surface area contributed by atoms with Crippen LogP contribution < -0.4 is 10.1 Å². The Morgan fingerprint density at radius 2 is 1.88 bits per heavy atom. The molecule has 124 valence electrons. The van der Waals surface area contributed by atoms with E-state index in [9.17, 15) is 19.7 Å². The van der Waals surface area contributed by atoms with Crippen molar-refractivity contribution in [3.05, 3.63) is 62.1 Å². The molecule has 9 heteroatoms. The largest absolute Gasteiger partial charge is 0.426 e. The van der Waals surface area contributed by atoms with E-state index in [2.05, 4.69) is 5.32 Å². The number of amides is 1. The highest BCUT2D eigenvalue weighted by molar-refractivity contribution is 6.34.